The molecule has 2 rings (SSSR count). The molecule has 1 amide bonds. The van der Waals surface area contributed by atoms with E-state index in [1.54, 1.807) is 4.68 Å². The van der Waals surface area contributed by atoms with Crippen LogP contribution in [0.25, 0.3) is 0 Å². The summed E-state index contributed by atoms with van der Waals surface area (Å²) in [4.78, 5) is 12.0. The van der Waals surface area contributed by atoms with Crippen molar-refractivity contribution in [2.75, 3.05) is 0 Å². The van der Waals surface area contributed by atoms with Gasteiger partial charge in [0.15, 0.2) is 0 Å². The minimum Gasteiger partial charge on any atom is -0.348 e. The van der Waals surface area contributed by atoms with E-state index < -0.39 is 0 Å². The molecule has 19 heavy (non-hydrogen) atoms. The van der Waals surface area contributed by atoms with Crippen LogP contribution in [-0.4, -0.2) is 15.7 Å². The minimum atomic E-state index is -0.0501. The fourth-order valence-corrected chi connectivity index (χ4v) is 1.99. The van der Waals surface area contributed by atoms with Gasteiger partial charge in [0.05, 0.1) is 5.69 Å². The molecule has 0 fully saturated rings. The summed E-state index contributed by atoms with van der Waals surface area (Å²) in [5, 5.41) is 7.16. The summed E-state index contributed by atoms with van der Waals surface area (Å²) in [7, 11) is 1.88. The molecule has 0 saturated heterocycles. The van der Waals surface area contributed by atoms with E-state index in [9.17, 15) is 4.79 Å². The summed E-state index contributed by atoms with van der Waals surface area (Å²) in [6.45, 7) is 4.55. The lowest BCUT2D eigenvalue weighted by Gasteiger charge is -2.05. The van der Waals surface area contributed by atoms with Crippen molar-refractivity contribution in [2.24, 2.45) is 7.05 Å². The second kappa shape index (κ2) is 5.69. The SMILES string of the molecule is CCc1ccc(C(=O)NCc2cn(C)nc2C)cc1. The molecular formula is C15H19N3O. The van der Waals surface area contributed by atoms with Crippen molar-refractivity contribution in [3.63, 3.8) is 0 Å². The highest BCUT2D eigenvalue weighted by Gasteiger charge is 2.07. The summed E-state index contributed by atoms with van der Waals surface area (Å²) in [5.41, 5.74) is 3.92. The lowest BCUT2D eigenvalue weighted by molar-refractivity contribution is 0.0951. The van der Waals surface area contributed by atoms with Crippen LogP contribution in [0.15, 0.2) is 30.5 Å². The number of hydrogen-bond donors (Lipinski definition) is 1. The first-order valence-electron chi connectivity index (χ1n) is 6.46. The highest BCUT2D eigenvalue weighted by Crippen LogP contribution is 2.07. The zero-order valence-corrected chi connectivity index (χ0v) is 11.6. The first kappa shape index (κ1) is 13.3. The average molecular weight is 257 g/mol. The van der Waals surface area contributed by atoms with E-state index in [0.717, 1.165) is 17.7 Å². The molecule has 0 spiro atoms. The number of rotatable bonds is 4. The molecule has 4 nitrogen and oxygen atoms in total. The molecule has 1 N–H and O–H groups in total. The highest BCUT2D eigenvalue weighted by atomic mass is 16.1. The Morgan fingerprint density at radius 3 is 2.53 bits per heavy atom. The van der Waals surface area contributed by atoms with Gasteiger partial charge in [-0.1, -0.05) is 19.1 Å². The van der Waals surface area contributed by atoms with Gasteiger partial charge in [0.1, 0.15) is 0 Å². The Kier molecular flexibility index (Phi) is 4.00. The van der Waals surface area contributed by atoms with Crippen molar-refractivity contribution < 1.29 is 4.79 Å². The van der Waals surface area contributed by atoms with Gasteiger partial charge in [0, 0.05) is 30.9 Å². The standard InChI is InChI=1S/C15H19N3O/c1-4-12-5-7-13(8-6-12)15(19)16-9-14-10-18(3)17-11(14)2/h5-8,10H,4,9H2,1-3H3,(H,16,19). The number of benzene rings is 1. The van der Waals surface area contributed by atoms with Gasteiger partial charge in [0.25, 0.3) is 5.91 Å². The Morgan fingerprint density at radius 2 is 2.00 bits per heavy atom. The normalized spacial score (nSPS) is 10.5. The van der Waals surface area contributed by atoms with E-state index in [4.69, 9.17) is 0 Å². The second-order valence-corrected chi connectivity index (χ2v) is 4.65. The summed E-state index contributed by atoms with van der Waals surface area (Å²) in [6.07, 6.45) is 2.91. The zero-order chi connectivity index (χ0) is 13.8. The maximum Gasteiger partial charge on any atom is 0.251 e. The third-order valence-electron chi connectivity index (χ3n) is 3.18. The van der Waals surface area contributed by atoms with Gasteiger partial charge in [-0.25, -0.2) is 0 Å². The van der Waals surface area contributed by atoms with E-state index >= 15 is 0 Å². The van der Waals surface area contributed by atoms with Crippen molar-refractivity contribution in [3.8, 4) is 0 Å². The molecule has 2 aromatic rings. The van der Waals surface area contributed by atoms with Crippen molar-refractivity contribution in [1.82, 2.24) is 15.1 Å². The molecule has 0 atom stereocenters. The zero-order valence-electron chi connectivity index (χ0n) is 11.6. The van der Waals surface area contributed by atoms with Gasteiger partial charge in [-0.15, -0.1) is 0 Å². The van der Waals surface area contributed by atoms with Gasteiger partial charge in [-0.2, -0.15) is 5.10 Å². The maximum atomic E-state index is 12.0. The first-order valence-corrected chi connectivity index (χ1v) is 6.46. The van der Waals surface area contributed by atoms with Gasteiger partial charge >= 0.3 is 0 Å². The van der Waals surface area contributed by atoms with Gasteiger partial charge in [0.2, 0.25) is 0 Å². The van der Waals surface area contributed by atoms with Gasteiger partial charge < -0.3 is 5.32 Å². The third-order valence-corrected chi connectivity index (χ3v) is 3.18. The molecular weight excluding hydrogens is 238 g/mol. The molecule has 1 heterocycles. The molecule has 1 aromatic carbocycles. The second-order valence-electron chi connectivity index (χ2n) is 4.65. The predicted octanol–water partition coefficient (Wildman–Crippen LogP) is 2.22. The van der Waals surface area contributed by atoms with Crippen LogP contribution < -0.4 is 5.32 Å². The fourth-order valence-electron chi connectivity index (χ4n) is 1.99. The molecule has 1 aromatic heterocycles. The number of nitrogens with one attached hydrogen (secondary N) is 1. The van der Waals surface area contributed by atoms with Crippen LogP contribution in [-0.2, 0) is 20.0 Å². The molecule has 0 unspecified atom stereocenters. The smallest absolute Gasteiger partial charge is 0.251 e. The Hall–Kier alpha value is -2.10. The summed E-state index contributed by atoms with van der Waals surface area (Å²) in [5.74, 6) is -0.0501. The molecule has 0 aliphatic heterocycles. The topological polar surface area (TPSA) is 46.9 Å². The number of aryl methyl sites for hydroxylation is 3. The van der Waals surface area contributed by atoms with Crippen LogP contribution >= 0.6 is 0 Å². The van der Waals surface area contributed by atoms with Crippen molar-refractivity contribution in [2.45, 2.75) is 26.8 Å². The lowest BCUT2D eigenvalue weighted by atomic mass is 10.1. The van der Waals surface area contributed by atoms with Gasteiger partial charge in [-0.05, 0) is 31.0 Å². The Bertz CT molecular complexity index is 570. The van der Waals surface area contributed by atoms with Crippen LogP contribution in [0.1, 0.15) is 34.1 Å². The van der Waals surface area contributed by atoms with E-state index in [1.807, 2.05) is 44.4 Å². The summed E-state index contributed by atoms with van der Waals surface area (Å²) in [6, 6.07) is 7.71. The van der Waals surface area contributed by atoms with Crippen LogP contribution in [0.3, 0.4) is 0 Å². The predicted molar refractivity (Wildman–Crippen MR) is 74.9 cm³/mol. The first-order chi connectivity index (χ1) is 9.10. The van der Waals surface area contributed by atoms with Crippen molar-refractivity contribution >= 4 is 5.91 Å². The van der Waals surface area contributed by atoms with E-state index in [1.165, 1.54) is 5.56 Å². The molecule has 100 valence electrons. The monoisotopic (exact) mass is 257 g/mol. The third kappa shape index (κ3) is 3.22. The Labute approximate surface area is 113 Å². The number of carbonyl (C=O) groups excluding carboxylic acids is 1. The van der Waals surface area contributed by atoms with Crippen LogP contribution in [0, 0.1) is 6.92 Å². The highest BCUT2D eigenvalue weighted by molar-refractivity contribution is 5.94. The lowest BCUT2D eigenvalue weighted by Crippen LogP contribution is -2.22. The van der Waals surface area contributed by atoms with Crippen LogP contribution in [0.5, 0.6) is 0 Å². The number of nitrogens with zero attached hydrogens (tertiary/aromatic N) is 2. The van der Waals surface area contributed by atoms with Crippen molar-refractivity contribution in [3.05, 3.63) is 52.8 Å². The van der Waals surface area contributed by atoms with E-state index in [0.29, 0.717) is 12.1 Å². The van der Waals surface area contributed by atoms with Crippen molar-refractivity contribution in [1.29, 1.82) is 0 Å². The largest absolute Gasteiger partial charge is 0.348 e. The minimum absolute atomic E-state index is 0.0501. The molecule has 0 aliphatic carbocycles. The average Bonchev–Trinajstić information content (AvgIpc) is 2.74. The fraction of sp³-hybridized carbons (Fsp3) is 0.333. The van der Waals surface area contributed by atoms with E-state index in [-0.39, 0.29) is 5.91 Å². The molecule has 4 heteroatoms. The number of hydrogen-bond acceptors (Lipinski definition) is 2. The number of aromatic nitrogens is 2. The van der Waals surface area contributed by atoms with Gasteiger partial charge in [-0.3, -0.25) is 9.48 Å². The molecule has 0 radical (unpaired) electrons. The van der Waals surface area contributed by atoms with Crippen LogP contribution in [0.2, 0.25) is 0 Å². The molecule has 0 bridgehead atoms. The molecule has 0 saturated carbocycles. The Balaban J connectivity index is 1.99. The number of carbonyl (C=O) groups is 1. The maximum absolute atomic E-state index is 12.0. The quantitative estimate of drug-likeness (QED) is 0.913. The summed E-state index contributed by atoms with van der Waals surface area (Å²) < 4.78 is 1.76. The molecule has 0 aliphatic rings. The summed E-state index contributed by atoms with van der Waals surface area (Å²) >= 11 is 0. The Morgan fingerprint density at radius 1 is 1.32 bits per heavy atom. The van der Waals surface area contributed by atoms with Crippen LogP contribution in [0.4, 0.5) is 0 Å². The number of amides is 1. The van der Waals surface area contributed by atoms with E-state index in [2.05, 4.69) is 17.3 Å².